The fraction of sp³-hybridized carbons (Fsp3) is 0.500. The second-order valence-electron chi connectivity index (χ2n) is 6.90. The smallest absolute Gasteiger partial charge is 0.416 e. The standard InChI is InChI=1S/C18H22F3NO6/c1-17(2,3)28-13(23)9-12(16(26)27-4)22-15(25)14(24)10-5-7-11(8-6-10)18(19,20)21/h5-8,12,14,24H,9H2,1-4H3,(H,22,25)/t12-,14-/m1/s1. The molecule has 0 aliphatic heterocycles. The lowest BCUT2D eigenvalue weighted by molar-refractivity contribution is -0.159. The highest BCUT2D eigenvalue weighted by Gasteiger charge is 2.32. The maximum absolute atomic E-state index is 12.6. The molecule has 1 rings (SSSR count). The van der Waals surface area contributed by atoms with Gasteiger partial charge in [-0.25, -0.2) is 4.79 Å². The number of hydrogen-bond acceptors (Lipinski definition) is 6. The third kappa shape index (κ3) is 7.18. The molecule has 1 aromatic rings. The van der Waals surface area contributed by atoms with Crippen molar-refractivity contribution in [1.82, 2.24) is 5.32 Å². The molecule has 0 bridgehead atoms. The molecule has 0 spiro atoms. The average molecular weight is 405 g/mol. The van der Waals surface area contributed by atoms with Gasteiger partial charge in [-0.05, 0) is 38.5 Å². The summed E-state index contributed by atoms with van der Waals surface area (Å²) in [7, 11) is 1.04. The number of hydrogen-bond donors (Lipinski definition) is 2. The first-order valence-electron chi connectivity index (χ1n) is 8.20. The van der Waals surface area contributed by atoms with Crippen LogP contribution in [0.15, 0.2) is 24.3 Å². The number of amides is 1. The molecule has 0 unspecified atom stereocenters. The van der Waals surface area contributed by atoms with Crippen LogP contribution in [0.1, 0.15) is 44.4 Å². The van der Waals surface area contributed by atoms with Gasteiger partial charge in [0.25, 0.3) is 5.91 Å². The van der Waals surface area contributed by atoms with Crippen molar-refractivity contribution >= 4 is 17.8 Å². The van der Waals surface area contributed by atoms with E-state index in [4.69, 9.17) is 4.74 Å². The number of rotatable bonds is 6. The molecule has 0 aromatic heterocycles. The lowest BCUT2D eigenvalue weighted by Crippen LogP contribution is -2.45. The Morgan fingerprint density at radius 1 is 1.11 bits per heavy atom. The minimum Gasteiger partial charge on any atom is -0.467 e. The van der Waals surface area contributed by atoms with Crippen LogP contribution >= 0.6 is 0 Å². The Kier molecular flexibility index (Phi) is 7.57. The summed E-state index contributed by atoms with van der Waals surface area (Å²) in [5.74, 6) is -2.82. The number of carbonyl (C=O) groups excluding carboxylic acids is 3. The normalized spacial score (nSPS) is 14.0. The minimum absolute atomic E-state index is 0.119. The Morgan fingerprint density at radius 3 is 2.07 bits per heavy atom. The monoisotopic (exact) mass is 405 g/mol. The van der Waals surface area contributed by atoms with Gasteiger partial charge in [-0.1, -0.05) is 12.1 Å². The molecular formula is C18H22F3NO6. The fourth-order valence-electron chi connectivity index (χ4n) is 2.14. The van der Waals surface area contributed by atoms with E-state index in [1.165, 1.54) is 0 Å². The molecule has 0 saturated carbocycles. The maximum atomic E-state index is 12.6. The van der Waals surface area contributed by atoms with E-state index in [-0.39, 0.29) is 5.56 Å². The lowest BCUT2D eigenvalue weighted by atomic mass is 10.1. The summed E-state index contributed by atoms with van der Waals surface area (Å²) < 4.78 is 47.3. The molecule has 2 N–H and O–H groups in total. The fourth-order valence-corrected chi connectivity index (χ4v) is 2.14. The molecule has 0 aliphatic carbocycles. The van der Waals surface area contributed by atoms with E-state index in [2.05, 4.69) is 10.1 Å². The van der Waals surface area contributed by atoms with E-state index < -0.39 is 53.8 Å². The number of benzene rings is 1. The van der Waals surface area contributed by atoms with Crippen LogP contribution < -0.4 is 5.32 Å². The average Bonchev–Trinajstić information content (AvgIpc) is 2.57. The zero-order valence-corrected chi connectivity index (χ0v) is 15.8. The van der Waals surface area contributed by atoms with Gasteiger partial charge in [0.05, 0.1) is 19.1 Å². The first-order valence-corrected chi connectivity index (χ1v) is 8.20. The Balaban J connectivity index is 2.86. The minimum atomic E-state index is -4.56. The highest BCUT2D eigenvalue weighted by atomic mass is 19.4. The molecule has 0 heterocycles. The summed E-state index contributed by atoms with van der Waals surface area (Å²) in [6.07, 6.45) is -6.96. The number of methoxy groups -OCH3 is 1. The van der Waals surface area contributed by atoms with Crippen molar-refractivity contribution in [3.05, 3.63) is 35.4 Å². The molecule has 0 saturated heterocycles. The summed E-state index contributed by atoms with van der Waals surface area (Å²) in [5.41, 5.74) is -1.88. The molecule has 0 radical (unpaired) electrons. The quantitative estimate of drug-likeness (QED) is 0.703. The van der Waals surface area contributed by atoms with E-state index in [1.807, 2.05) is 0 Å². The molecule has 1 amide bonds. The molecule has 10 heteroatoms. The van der Waals surface area contributed by atoms with Gasteiger partial charge in [0.1, 0.15) is 11.6 Å². The molecule has 156 valence electrons. The molecule has 2 atom stereocenters. The highest BCUT2D eigenvalue weighted by Crippen LogP contribution is 2.30. The summed E-state index contributed by atoms with van der Waals surface area (Å²) in [4.78, 5) is 35.9. The van der Waals surface area contributed by atoms with Gasteiger partial charge < -0.3 is 19.9 Å². The van der Waals surface area contributed by atoms with Crippen LogP contribution in [-0.2, 0) is 30.0 Å². The predicted octanol–water partition coefficient (Wildman–Crippen LogP) is 2.13. The molecule has 0 aliphatic rings. The van der Waals surface area contributed by atoms with Crippen molar-refractivity contribution in [2.45, 2.75) is 51.1 Å². The van der Waals surface area contributed by atoms with Crippen LogP contribution in [0.4, 0.5) is 13.2 Å². The van der Waals surface area contributed by atoms with Gasteiger partial charge in [-0.15, -0.1) is 0 Å². The van der Waals surface area contributed by atoms with Crippen LogP contribution in [0, 0.1) is 0 Å². The summed E-state index contributed by atoms with van der Waals surface area (Å²) in [6.45, 7) is 4.85. The number of alkyl halides is 3. The number of ether oxygens (including phenoxy) is 2. The van der Waals surface area contributed by atoms with Crippen molar-refractivity contribution < 1.29 is 42.1 Å². The number of nitrogens with one attached hydrogen (secondary N) is 1. The molecular weight excluding hydrogens is 383 g/mol. The number of aliphatic hydroxyl groups is 1. The first kappa shape index (κ1) is 23.4. The maximum Gasteiger partial charge on any atom is 0.416 e. The zero-order chi connectivity index (χ0) is 21.7. The lowest BCUT2D eigenvalue weighted by Gasteiger charge is -2.22. The first-order chi connectivity index (χ1) is 12.7. The molecule has 0 fully saturated rings. The van der Waals surface area contributed by atoms with Crippen LogP contribution in [0.2, 0.25) is 0 Å². The third-order valence-corrected chi connectivity index (χ3v) is 3.40. The van der Waals surface area contributed by atoms with Crippen LogP contribution in [-0.4, -0.2) is 41.7 Å². The number of halogens is 3. The highest BCUT2D eigenvalue weighted by molar-refractivity contribution is 5.90. The SMILES string of the molecule is COC(=O)[C@@H](CC(=O)OC(C)(C)C)NC(=O)[C@H](O)c1ccc(C(F)(F)F)cc1. The summed E-state index contributed by atoms with van der Waals surface area (Å²) in [6, 6.07) is 1.87. The van der Waals surface area contributed by atoms with Crippen LogP contribution in [0.25, 0.3) is 0 Å². The second-order valence-corrected chi connectivity index (χ2v) is 6.90. The largest absolute Gasteiger partial charge is 0.467 e. The number of aliphatic hydroxyl groups excluding tert-OH is 1. The third-order valence-electron chi connectivity index (χ3n) is 3.40. The predicted molar refractivity (Wildman–Crippen MR) is 90.8 cm³/mol. The Hall–Kier alpha value is -2.62. The topological polar surface area (TPSA) is 102 Å². The van der Waals surface area contributed by atoms with Crippen molar-refractivity contribution in [1.29, 1.82) is 0 Å². The van der Waals surface area contributed by atoms with Crippen molar-refractivity contribution in [2.75, 3.05) is 7.11 Å². The Morgan fingerprint density at radius 2 is 1.64 bits per heavy atom. The summed E-state index contributed by atoms with van der Waals surface area (Å²) in [5, 5.41) is 12.2. The molecule has 1 aromatic carbocycles. The van der Waals surface area contributed by atoms with Gasteiger partial charge in [-0.3, -0.25) is 9.59 Å². The van der Waals surface area contributed by atoms with Gasteiger partial charge in [0.15, 0.2) is 6.10 Å². The Bertz CT molecular complexity index is 710. The van der Waals surface area contributed by atoms with Crippen molar-refractivity contribution in [3.8, 4) is 0 Å². The van der Waals surface area contributed by atoms with E-state index in [1.54, 1.807) is 20.8 Å². The van der Waals surface area contributed by atoms with Crippen molar-refractivity contribution in [3.63, 3.8) is 0 Å². The number of carbonyl (C=O) groups is 3. The molecule has 28 heavy (non-hydrogen) atoms. The van der Waals surface area contributed by atoms with Gasteiger partial charge in [0.2, 0.25) is 0 Å². The Labute approximate surface area is 159 Å². The van der Waals surface area contributed by atoms with Gasteiger partial charge >= 0.3 is 18.1 Å². The van der Waals surface area contributed by atoms with Crippen LogP contribution in [0.5, 0.6) is 0 Å². The van der Waals surface area contributed by atoms with Crippen molar-refractivity contribution in [2.24, 2.45) is 0 Å². The second kappa shape index (κ2) is 9.05. The van der Waals surface area contributed by atoms with E-state index >= 15 is 0 Å². The van der Waals surface area contributed by atoms with E-state index in [0.717, 1.165) is 19.2 Å². The number of esters is 2. The zero-order valence-electron chi connectivity index (χ0n) is 15.8. The van der Waals surface area contributed by atoms with Gasteiger partial charge in [0, 0.05) is 0 Å². The van der Waals surface area contributed by atoms with Gasteiger partial charge in [-0.2, -0.15) is 13.2 Å². The summed E-state index contributed by atoms with van der Waals surface area (Å²) >= 11 is 0. The van der Waals surface area contributed by atoms with Crippen LogP contribution in [0.3, 0.4) is 0 Å². The van der Waals surface area contributed by atoms with E-state index in [0.29, 0.717) is 12.1 Å². The van der Waals surface area contributed by atoms with E-state index in [9.17, 15) is 32.7 Å². The molecule has 7 nitrogen and oxygen atoms in total.